The molecule has 0 saturated heterocycles. The van der Waals surface area contributed by atoms with E-state index in [0.717, 1.165) is 10.8 Å². The summed E-state index contributed by atoms with van der Waals surface area (Å²) in [5, 5.41) is 10.00. The molecule has 0 unspecified atom stereocenters. The van der Waals surface area contributed by atoms with E-state index in [9.17, 15) is 0 Å². The summed E-state index contributed by atoms with van der Waals surface area (Å²) in [7, 11) is 0. The Balaban J connectivity index is 1.89. The second kappa shape index (κ2) is 5.94. The zero-order valence-corrected chi connectivity index (χ0v) is 15.3. The fraction of sp³-hybridized carbons (Fsp3) is 0. The predicted octanol–water partition coefficient (Wildman–Crippen LogP) is 7.77. The molecule has 28 heavy (non-hydrogen) atoms. The molecule has 129 valence electrons. The molecule has 0 aromatic heterocycles. The smallest absolute Gasteiger partial charge is 0.00139 e. The first-order valence-electron chi connectivity index (χ1n) is 9.64. The summed E-state index contributed by atoms with van der Waals surface area (Å²) in [6.07, 6.45) is 0. The van der Waals surface area contributed by atoms with E-state index in [1.807, 2.05) is 0 Å². The lowest BCUT2D eigenvalue weighted by molar-refractivity contribution is 1.72. The molecule has 0 aliphatic heterocycles. The van der Waals surface area contributed by atoms with E-state index in [0.29, 0.717) is 0 Å². The maximum atomic E-state index is 3.60. The average Bonchev–Trinajstić information content (AvgIpc) is 2.77. The quantitative estimate of drug-likeness (QED) is 0.209. The highest BCUT2D eigenvalue weighted by Gasteiger charge is 2.14. The second-order valence-electron chi connectivity index (χ2n) is 7.28. The summed E-state index contributed by atoms with van der Waals surface area (Å²) in [5.41, 5.74) is 2.59. The molecule has 0 amide bonds. The number of fused-ring (bicyclic) bond motifs is 5. The first kappa shape index (κ1) is 15.4. The van der Waals surface area contributed by atoms with Gasteiger partial charge in [0.2, 0.25) is 0 Å². The Kier molecular flexibility index (Phi) is 3.27. The van der Waals surface area contributed by atoms with E-state index in [1.54, 1.807) is 0 Å². The minimum Gasteiger partial charge on any atom is -0.0616 e. The fourth-order valence-electron chi connectivity index (χ4n) is 4.46. The van der Waals surface area contributed by atoms with Gasteiger partial charge in [0.25, 0.3) is 0 Å². The van der Waals surface area contributed by atoms with Crippen molar-refractivity contribution in [3.05, 3.63) is 109 Å². The molecule has 0 spiro atoms. The molecule has 1 radical (unpaired) electrons. The van der Waals surface area contributed by atoms with Crippen LogP contribution in [0.4, 0.5) is 0 Å². The van der Waals surface area contributed by atoms with Crippen molar-refractivity contribution >= 4 is 43.1 Å². The van der Waals surface area contributed by atoms with Gasteiger partial charge in [-0.25, -0.2) is 0 Å². The minimum atomic E-state index is 1.16. The Morgan fingerprint density at radius 1 is 0.429 bits per heavy atom. The fourth-order valence-corrected chi connectivity index (χ4v) is 4.46. The van der Waals surface area contributed by atoms with Crippen LogP contribution in [-0.2, 0) is 0 Å². The second-order valence-corrected chi connectivity index (χ2v) is 7.28. The Labute approximate surface area is 163 Å². The number of benzene rings is 6. The van der Waals surface area contributed by atoms with Crippen molar-refractivity contribution in [1.82, 2.24) is 0 Å². The molecule has 0 aliphatic rings. The lowest BCUT2D eigenvalue weighted by Crippen LogP contribution is -1.89. The molecule has 0 heterocycles. The predicted molar refractivity (Wildman–Crippen MR) is 121 cm³/mol. The Morgan fingerprint density at radius 2 is 0.929 bits per heavy atom. The van der Waals surface area contributed by atoms with Gasteiger partial charge in [0.1, 0.15) is 0 Å². The van der Waals surface area contributed by atoms with Crippen LogP contribution in [0.2, 0.25) is 0 Å². The maximum absolute atomic E-state index is 3.60. The van der Waals surface area contributed by atoms with Crippen LogP contribution in [0.5, 0.6) is 0 Å². The summed E-state index contributed by atoms with van der Waals surface area (Å²) in [4.78, 5) is 0. The summed E-state index contributed by atoms with van der Waals surface area (Å²) in [6.45, 7) is 0. The Morgan fingerprint density at radius 3 is 1.61 bits per heavy atom. The van der Waals surface area contributed by atoms with Crippen LogP contribution in [0.15, 0.2) is 103 Å². The molecule has 0 atom stereocenters. The van der Waals surface area contributed by atoms with Crippen molar-refractivity contribution in [2.24, 2.45) is 0 Å². The highest BCUT2D eigenvalue weighted by molar-refractivity contribution is 6.21. The van der Waals surface area contributed by atoms with Crippen LogP contribution in [0.1, 0.15) is 0 Å². The van der Waals surface area contributed by atoms with Crippen molar-refractivity contribution in [1.29, 1.82) is 0 Å². The van der Waals surface area contributed by atoms with Gasteiger partial charge in [-0.3, -0.25) is 0 Å². The van der Waals surface area contributed by atoms with E-state index in [4.69, 9.17) is 0 Å². The van der Waals surface area contributed by atoms with Gasteiger partial charge in [-0.2, -0.15) is 0 Å². The van der Waals surface area contributed by atoms with Crippen molar-refractivity contribution in [2.75, 3.05) is 0 Å². The Bertz CT molecular complexity index is 1450. The molecule has 0 heteroatoms. The summed E-state index contributed by atoms with van der Waals surface area (Å²) in [5.74, 6) is 0. The molecule has 0 fully saturated rings. The molecule has 0 aliphatic carbocycles. The van der Waals surface area contributed by atoms with Gasteiger partial charge in [0, 0.05) is 0 Å². The summed E-state index contributed by atoms with van der Waals surface area (Å²) < 4.78 is 0. The lowest BCUT2D eigenvalue weighted by Gasteiger charge is -2.16. The van der Waals surface area contributed by atoms with E-state index in [1.165, 1.54) is 43.4 Å². The molecule has 6 aromatic carbocycles. The van der Waals surface area contributed by atoms with Gasteiger partial charge in [0.15, 0.2) is 0 Å². The third-order valence-corrected chi connectivity index (χ3v) is 5.70. The van der Waals surface area contributed by atoms with Gasteiger partial charge in [-0.15, -0.1) is 0 Å². The van der Waals surface area contributed by atoms with Crippen LogP contribution >= 0.6 is 0 Å². The van der Waals surface area contributed by atoms with Crippen LogP contribution in [0, 0.1) is 6.07 Å². The van der Waals surface area contributed by atoms with Crippen LogP contribution in [0.25, 0.3) is 54.2 Å². The van der Waals surface area contributed by atoms with Gasteiger partial charge in [-0.05, 0) is 66.3 Å². The number of rotatable bonds is 1. The van der Waals surface area contributed by atoms with Crippen molar-refractivity contribution in [3.8, 4) is 11.1 Å². The average molecular weight is 353 g/mol. The van der Waals surface area contributed by atoms with Crippen molar-refractivity contribution in [2.45, 2.75) is 0 Å². The number of hydrogen-bond donors (Lipinski definition) is 0. The van der Waals surface area contributed by atoms with E-state index < -0.39 is 0 Å². The summed E-state index contributed by atoms with van der Waals surface area (Å²) in [6, 6.07) is 40.6. The molecule has 0 saturated carbocycles. The van der Waals surface area contributed by atoms with Crippen molar-refractivity contribution < 1.29 is 0 Å². The standard InChI is InChI=1S/C28H17/c1-4-12-22-21(11-1)18-27(26-16-8-7-15-25(22)26)28-23-13-5-2-9-19(23)17-20-10-3-6-14-24(20)28/h1-16,18H. The van der Waals surface area contributed by atoms with E-state index >= 15 is 0 Å². The van der Waals surface area contributed by atoms with E-state index in [-0.39, 0.29) is 0 Å². The SMILES string of the molecule is [c]1c2ccccc2c(-c2cc3ccccc3c3ccccc23)c2ccccc12. The Hall–Kier alpha value is -3.64. The minimum absolute atomic E-state index is 1.16. The topological polar surface area (TPSA) is 0 Å². The molecular weight excluding hydrogens is 336 g/mol. The summed E-state index contributed by atoms with van der Waals surface area (Å²) >= 11 is 0. The highest BCUT2D eigenvalue weighted by Crippen LogP contribution is 2.41. The molecule has 0 bridgehead atoms. The van der Waals surface area contributed by atoms with Gasteiger partial charge >= 0.3 is 0 Å². The van der Waals surface area contributed by atoms with Gasteiger partial charge < -0.3 is 0 Å². The first-order chi connectivity index (χ1) is 13.9. The van der Waals surface area contributed by atoms with Crippen LogP contribution < -0.4 is 0 Å². The van der Waals surface area contributed by atoms with Crippen LogP contribution in [-0.4, -0.2) is 0 Å². The monoisotopic (exact) mass is 353 g/mol. The zero-order valence-electron chi connectivity index (χ0n) is 15.3. The largest absolute Gasteiger partial charge is 0.0616 e. The maximum Gasteiger partial charge on any atom is -0.00139 e. The van der Waals surface area contributed by atoms with Crippen molar-refractivity contribution in [3.63, 3.8) is 0 Å². The lowest BCUT2D eigenvalue weighted by atomic mass is 9.87. The third-order valence-electron chi connectivity index (χ3n) is 5.70. The molecule has 0 nitrogen and oxygen atoms in total. The number of hydrogen-bond acceptors (Lipinski definition) is 0. The van der Waals surface area contributed by atoms with Crippen LogP contribution in [0.3, 0.4) is 0 Å². The molecule has 6 aromatic rings. The molecule has 6 rings (SSSR count). The normalized spacial score (nSPS) is 11.6. The highest BCUT2D eigenvalue weighted by atomic mass is 14.2. The molecule has 0 N–H and O–H groups in total. The van der Waals surface area contributed by atoms with Gasteiger partial charge in [0.05, 0.1) is 0 Å². The third kappa shape index (κ3) is 2.18. The molecular formula is C28H17. The first-order valence-corrected chi connectivity index (χ1v) is 9.64. The zero-order chi connectivity index (χ0) is 18.5. The van der Waals surface area contributed by atoms with Gasteiger partial charge in [-0.1, -0.05) is 97.1 Å². The van der Waals surface area contributed by atoms with E-state index in [2.05, 4.69) is 109 Å².